The van der Waals surface area contributed by atoms with Gasteiger partial charge in [0.2, 0.25) is 0 Å². The number of carbonyl (C=O) groups is 3. The van der Waals surface area contributed by atoms with E-state index < -0.39 is 24.3 Å². The second kappa shape index (κ2) is 62.3. The molecule has 2 unspecified atom stereocenters. The zero-order valence-corrected chi connectivity index (χ0v) is 53.8. The Labute approximate surface area is 492 Å². The summed E-state index contributed by atoms with van der Waals surface area (Å²) in [6.07, 6.45) is 70.5. The van der Waals surface area contributed by atoms with Gasteiger partial charge in [-0.05, 0) is 12.8 Å². The molecule has 0 N–H and O–H groups in total. The highest BCUT2D eigenvalue weighted by molar-refractivity contribution is 5.70. The van der Waals surface area contributed by atoms with Crippen LogP contribution in [-0.4, -0.2) is 82.3 Å². The molecule has 0 aromatic rings. The van der Waals surface area contributed by atoms with Gasteiger partial charge in [-0.3, -0.25) is 9.59 Å². The van der Waals surface area contributed by atoms with Crippen LogP contribution >= 0.6 is 0 Å². The van der Waals surface area contributed by atoms with Gasteiger partial charge < -0.3 is 33.3 Å². The number of unbranched alkanes of at least 4 members (excludes halogenated alkanes) is 52. The van der Waals surface area contributed by atoms with Crippen LogP contribution in [0.4, 0.5) is 0 Å². The first-order valence-electron chi connectivity index (χ1n) is 35.2. The second-order valence-electron chi connectivity index (χ2n) is 25.5. The van der Waals surface area contributed by atoms with Gasteiger partial charge >= 0.3 is 11.9 Å². The van der Waals surface area contributed by atoms with Crippen molar-refractivity contribution >= 4 is 17.9 Å². The summed E-state index contributed by atoms with van der Waals surface area (Å²) in [7, 11) is 5.95. The summed E-state index contributed by atoms with van der Waals surface area (Å²) in [5, 5.41) is 11.8. The molecular weight excluding hydrogens is 983 g/mol. The third-order valence-electron chi connectivity index (χ3n) is 16.4. The summed E-state index contributed by atoms with van der Waals surface area (Å²) in [5.41, 5.74) is 0. The van der Waals surface area contributed by atoms with Crippen molar-refractivity contribution in [1.29, 1.82) is 0 Å². The zero-order chi connectivity index (χ0) is 57.6. The number of hydrogen-bond donors (Lipinski definition) is 0. The summed E-state index contributed by atoms with van der Waals surface area (Å²) in [6.45, 7) is 4.84. The lowest BCUT2D eigenvalue weighted by Gasteiger charge is -2.26. The van der Waals surface area contributed by atoms with Gasteiger partial charge in [-0.2, -0.15) is 0 Å². The number of rotatable bonds is 67. The second-order valence-corrected chi connectivity index (χ2v) is 25.5. The Morgan fingerprint density at radius 1 is 0.329 bits per heavy atom. The van der Waals surface area contributed by atoms with Crippen LogP contribution in [0.15, 0.2) is 0 Å². The van der Waals surface area contributed by atoms with Gasteiger partial charge in [0.05, 0.1) is 40.3 Å². The minimum atomic E-state index is -1.62. The third kappa shape index (κ3) is 63.7. The zero-order valence-electron chi connectivity index (χ0n) is 53.8. The summed E-state index contributed by atoms with van der Waals surface area (Å²) < 4.78 is 22.8. The number of carbonyl (C=O) groups excluding carboxylic acids is 3. The summed E-state index contributed by atoms with van der Waals surface area (Å²) in [4.78, 5) is 37.5. The number of esters is 2. The van der Waals surface area contributed by atoms with Crippen LogP contribution in [0.5, 0.6) is 0 Å². The van der Waals surface area contributed by atoms with E-state index in [1.807, 2.05) is 21.1 Å². The molecule has 0 saturated heterocycles. The molecule has 79 heavy (non-hydrogen) atoms. The Balaban J connectivity index is 4.04. The lowest BCUT2D eigenvalue weighted by atomic mass is 10.0. The van der Waals surface area contributed by atoms with Gasteiger partial charge in [-0.15, -0.1) is 0 Å². The van der Waals surface area contributed by atoms with Gasteiger partial charge in [-0.1, -0.05) is 348 Å². The van der Waals surface area contributed by atoms with E-state index in [9.17, 15) is 19.5 Å². The van der Waals surface area contributed by atoms with Gasteiger partial charge in [0, 0.05) is 12.8 Å². The molecular formula is C70H137NO8. The molecule has 0 amide bonds. The van der Waals surface area contributed by atoms with Crippen LogP contribution in [0.25, 0.3) is 0 Å². The summed E-state index contributed by atoms with van der Waals surface area (Å²) in [6, 6.07) is 0. The predicted octanol–water partition coefficient (Wildman–Crippen LogP) is 20.1. The van der Waals surface area contributed by atoms with Crippen LogP contribution in [0.1, 0.15) is 373 Å². The van der Waals surface area contributed by atoms with Crippen LogP contribution in [0.2, 0.25) is 0 Å². The molecule has 0 aliphatic rings. The standard InChI is InChI=1S/C70H137NO8/c1-6-8-10-12-14-16-18-20-22-24-26-28-30-32-33-34-35-36-37-39-41-43-45-47-49-51-53-55-57-59-61-68(73)79-66(65-78-70(69(74)75)76-63-62-71(3,4)5)64-77-67(72)60-58-56-54-52-50-48-46-44-42-40-38-31-29-27-25-23-21-19-17-15-13-11-9-7-2/h66,70H,6-65H2,1-5H3. The maximum absolute atomic E-state index is 12.9. The van der Waals surface area contributed by atoms with E-state index >= 15 is 0 Å². The minimum absolute atomic E-state index is 0.154. The first-order valence-corrected chi connectivity index (χ1v) is 35.2. The van der Waals surface area contributed by atoms with E-state index in [4.69, 9.17) is 18.9 Å². The summed E-state index contributed by atoms with van der Waals surface area (Å²) >= 11 is 0. The van der Waals surface area contributed by atoms with E-state index in [-0.39, 0.29) is 32.2 Å². The minimum Gasteiger partial charge on any atom is -0.545 e. The molecule has 0 radical (unpaired) electrons. The lowest BCUT2D eigenvalue weighted by Crippen LogP contribution is -2.44. The van der Waals surface area contributed by atoms with Crippen molar-refractivity contribution in [3.8, 4) is 0 Å². The van der Waals surface area contributed by atoms with Crippen molar-refractivity contribution in [1.82, 2.24) is 0 Å². The SMILES string of the molecule is CCCCCCCCCCCCCCCCCCCCCCCCCCCCCCCCC(=O)OC(COC(=O)CCCCCCCCCCCCCCCCCCCCCCCCCC)COC(OCC[N+](C)(C)C)C(=O)[O-]. The number of likely N-dealkylation sites (N-methyl/N-ethyl adjacent to an activating group) is 1. The Kier molecular flexibility index (Phi) is 61.0. The highest BCUT2D eigenvalue weighted by atomic mass is 16.7. The fourth-order valence-electron chi connectivity index (χ4n) is 11.0. The Morgan fingerprint density at radius 2 is 0.570 bits per heavy atom. The van der Waals surface area contributed by atoms with E-state index in [0.29, 0.717) is 17.4 Å². The highest BCUT2D eigenvalue weighted by Gasteiger charge is 2.22. The number of aliphatic carboxylic acids is 1. The Hall–Kier alpha value is -1.71. The highest BCUT2D eigenvalue weighted by Crippen LogP contribution is 2.20. The van der Waals surface area contributed by atoms with Gasteiger partial charge in [-0.25, -0.2) is 0 Å². The maximum atomic E-state index is 12.9. The topological polar surface area (TPSA) is 111 Å². The molecule has 0 aromatic heterocycles. The van der Waals surface area contributed by atoms with Crippen molar-refractivity contribution in [2.75, 3.05) is 47.5 Å². The predicted molar refractivity (Wildman–Crippen MR) is 334 cm³/mol. The molecule has 9 heteroatoms. The number of ether oxygens (including phenoxy) is 4. The molecule has 0 spiro atoms. The molecule has 0 rings (SSSR count). The van der Waals surface area contributed by atoms with E-state index in [2.05, 4.69) is 13.8 Å². The molecule has 0 saturated carbocycles. The molecule has 2 atom stereocenters. The molecule has 0 heterocycles. The largest absolute Gasteiger partial charge is 0.545 e. The van der Waals surface area contributed by atoms with Crippen LogP contribution in [-0.2, 0) is 33.3 Å². The average Bonchev–Trinajstić information content (AvgIpc) is 3.42. The Morgan fingerprint density at radius 3 is 0.810 bits per heavy atom. The first kappa shape index (κ1) is 77.3. The third-order valence-corrected chi connectivity index (χ3v) is 16.4. The Bertz CT molecular complexity index is 1260. The number of hydrogen-bond acceptors (Lipinski definition) is 8. The molecule has 0 fully saturated rings. The summed E-state index contributed by atoms with van der Waals surface area (Å²) in [5.74, 6) is -2.24. The molecule has 0 aromatic carbocycles. The van der Waals surface area contributed by atoms with Gasteiger partial charge in [0.15, 0.2) is 12.4 Å². The molecule has 470 valence electrons. The average molecular weight is 1120 g/mol. The first-order chi connectivity index (χ1) is 38.6. The fraction of sp³-hybridized carbons (Fsp3) is 0.957. The molecule has 0 bridgehead atoms. The van der Waals surface area contributed by atoms with Crippen molar-refractivity contribution in [2.24, 2.45) is 0 Å². The fourth-order valence-corrected chi connectivity index (χ4v) is 11.0. The van der Waals surface area contributed by atoms with E-state index in [1.54, 1.807) is 0 Å². The smallest absolute Gasteiger partial charge is 0.306 e. The number of quaternary nitrogens is 1. The normalized spacial score (nSPS) is 12.6. The monoisotopic (exact) mass is 1120 g/mol. The van der Waals surface area contributed by atoms with Crippen LogP contribution < -0.4 is 5.11 Å². The number of nitrogens with zero attached hydrogens (tertiary/aromatic N) is 1. The maximum Gasteiger partial charge on any atom is 0.306 e. The molecule has 0 aliphatic carbocycles. The van der Waals surface area contributed by atoms with Crippen molar-refractivity contribution in [2.45, 2.75) is 386 Å². The van der Waals surface area contributed by atoms with Crippen LogP contribution in [0.3, 0.4) is 0 Å². The van der Waals surface area contributed by atoms with Crippen molar-refractivity contribution in [3.05, 3.63) is 0 Å². The quantitative estimate of drug-likeness (QED) is 0.0256. The van der Waals surface area contributed by atoms with Crippen LogP contribution in [0, 0.1) is 0 Å². The molecule has 9 nitrogen and oxygen atoms in total. The van der Waals surface area contributed by atoms with E-state index in [0.717, 1.165) is 38.5 Å². The lowest BCUT2D eigenvalue weighted by molar-refractivity contribution is -0.870. The van der Waals surface area contributed by atoms with Gasteiger partial charge in [0.25, 0.3) is 0 Å². The van der Waals surface area contributed by atoms with E-state index in [1.165, 1.54) is 308 Å². The number of carboxylic acid groups (broad SMARTS) is 1. The van der Waals surface area contributed by atoms with Crippen molar-refractivity contribution < 1.29 is 42.9 Å². The number of carboxylic acids is 1. The van der Waals surface area contributed by atoms with Gasteiger partial charge in [0.1, 0.15) is 13.2 Å². The van der Waals surface area contributed by atoms with Crippen molar-refractivity contribution in [3.63, 3.8) is 0 Å². The molecule has 0 aliphatic heterocycles.